The van der Waals surface area contributed by atoms with E-state index in [2.05, 4.69) is 26.3 Å². The number of carbonyl (C=O) groups is 1. The maximum atomic E-state index is 10.9. The van der Waals surface area contributed by atoms with Crippen LogP contribution in [0.1, 0.15) is 44.2 Å². The fourth-order valence-corrected chi connectivity index (χ4v) is 2.79. The number of hydrogen-bond donors (Lipinski definition) is 1. The number of amides is 1. The number of nitrogens with zero attached hydrogens (tertiary/aromatic N) is 3. The van der Waals surface area contributed by atoms with Gasteiger partial charge in [0.15, 0.2) is 0 Å². The van der Waals surface area contributed by atoms with Gasteiger partial charge in [-0.15, -0.1) is 0 Å². The van der Waals surface area contributed by atoms with Crippen molar-refractivity contribution in [2.75, 3.05) is 24.5 Å². The van der Waals surface area contributed by atoms with Crippen molar-refractivity contribution in [1.29, 1.82) is 0 Å². The molecule has 108 valence electrons. The zero-order valence-corrected chi connectivity index (χ0v) is 12.0. The monoisotopic (exact) mass is 274 g/mol. The molecule has 1 N–H and O–H groups in total. The highest BCUT2D eigenvalue weighted by Gasteiger charge is 2.26. The van der Waals surface area contributed by atoms with E-state index < -0.39 is 0 Å². The van der Waals surface area contributed by atoms with Crippen LogP contribution in [0.5, 0.6) is 0 Å². The molecule has 1 amide bonds. The van der Waals surface area contributed by atoms with Crippen LogP contribution in [0.15, 0.2) is 12.4 Å². The highest BCUT2D eigenvalue weighted by molar-refractivity contribution is 5.72. The molecule has 1 aliphatic carbocycles. The van der Waals surface area contributed by atoms with Crippen LogP contribution in [0.2, 0.25) is 0 Å². The predicted octanol–water partition coefficient (Wildman–Crippen LogP) is 1.71. The Labute approximate surface area is 119 Å². The molecular weight excluding hydrogens is 252 g/mol. The first-order chi connectivity index (χ1) is 9.72. The first-order valence-electron chi connectivity index (χ1n) is 7.53. The highest BCUT2D eigenvalue weighted by Crippen LogP contribution is 2.39. The third-order valence-corrected chi connectivity index (χ3v) is 4.25. The molecule has 1 aliphatic heterocycles. The number of carbonyl (C=O) groups excluding carboxylic acids is 1. The average molecular weight is 274 g/mol. The summed E-state index contributed by atoms with van der Waals surface area (Å²) in [4.78, 5) is 22.1. The van der Waals surface area contributed by atoms with Gasteiger partial charge in [-0.3, -0.25) is 4.79 Å². The van der Waals surface area contributed by atoms with Crippen LogP contribution in [0.3, 0.4) is 0 Å². The summed E-state index contributed by atoms with van der Waals surface area (Å²) < 4.78 is 0. The molecule has 3 rings (SSSR count). The molecular formula is C15H22N4O. The lowest BCUT2D eigenvalue weighted by Crippen LogP contribution is -2.38. The van der Waals surface area contributed by atoms with Crippen LogP contribution in [0.25, 0.3) is 0 Å². The van der Waals surface area contributed by atoms with Gasteiger partial charge in [-0.1, -0.05) is 0 Å². The van der Waals surface area contributed by atoms with Gasteiger partial charge >= 0.3 is 0 Å². The van der Waals surface area contributed by atoms with E-state index in [1.165, 1.54) is 18.5 Å². The minimum atomic E-state index is 0.0669. The molecule has 1 saturated heterocycles. The average Bonchev–Trinajstić information content (AvgIpc) is 3.30. The number of nitrogens with one attached hydrogen (secondary N) is 1. The molecule has 2 fully saturated rings. The van der Waals surface area contributed by atoms with E-state index in [-0.39, 0.29) is 5.91 Å². The molecule has 2 heterocycles. The standard InChI is InChI=1S/C15H22N4O/c1-11(20)16-9-12-4-6-19(7-5-12)15-8-14(13-2-3-13)17-10-18-15/h8,10,12-13H,2-7,9H2,1H3,(H,16,20). The van der Waals surface area contributed by atoms with Gasteiger partial charge in [0.05, 0.1) is 0 Å². The molecule has 1 aromatic heterocycles. The molecule has 0 aromatic carbocycles. The first kappa shape index (κ1) is 13.3. The van der Waals surface area contributed by atoms with E-state index in [1.54, 1.807) is 13.3 Å². The SMILES string of the molecule is CC(=O)NCC1CCN(c2cc(C3CC3)ncn2)CC1. The van der Waals surface area contributed by atoms with E-state index in [0.29, 0.717) is 11.8 Å². The highest BCUT2D eigenvalue weighted by atomic mass is 16.1. The largest absolute Gasteiger partial charge is 0.356 e. The quantitative estimate of drug-likeness (QED) is 0.908. The van der Waals surface area contributed by atoms with E-state index in [4.69, 9.17) is 0 Å². The maximum Gasteiger partial charge on any atom is 0.216 e. The van der Waals surface area contributed by atoms with Crippen molar-refractivity contribution in [1.82, 2.24) is 15.3 Å². The Kier molecular flexibility index (Phi) is 3.85. The molecule has 0 radical (unpaired) electrons. The van der Waals surface area contributed by atoms with Crippen molar-refractivity contribution in [2.24, 2.45) is 5.92 Å². The van der Waals surface area contributed by atoms with Gasteiger partial charge < -0.3 is 10.2 Å². The Hall–Kier alpha value is -1.65. The number of aromatic nitrogens is 2. The topological polar surface area (TPSA) is 58.1 Å². The Balaban J connectivity index is 1.55. The summed E-state index contributed by atoms with van der Waals surface area (Å²) >= 11 is 0. The third-order valence-electron chi connectivity index (χ3n) is 4.25. The van der Waals surface area contributed by atoms with Gasteiger partial charge in [-0.25, -0.2) is 9.97 Å². The smallest absolute Gasteiger partial charge is 0.216 e. The number of rotatable bonds is 4. The van der Waals surface area contributed by atoms with E-state index in [0.717, 1.165) is 38.3 Å². The zero-order chi connectivity index (χ0) is 13.9. The van der Waals surface area contributed by atoms with Gasteiger partial charge in [-0.05, 0) is 31.6 Å². The number of piperidine rings is 1. The molecule has 20 heavy (non-hydrogen) atoms. The fraction of sp³-hybridized carbons (Fsp3) is 0.667. The second kappa shape index (κ2) is 5.77. The second-order valence-electron chi connectivity index (χ2n) is 5.94. The molecule has 1 aromatic rings. The maximum absolute atomic E-state index is 10.9. The molecule has 2 aliphatic rings. The lowest BCUT2D eigenvalue weighted by molar-refractivity contribution is -0.119. The Morgan fingerprint density at radius 1 is 1.30 bits per heavy atom. The number of anilines is 1. The van der Waals surface area contributed by atoms with Crippen molar-refractivity contribution in [3.05, 3.63) is 18.1 Å². The van der Waals surface area contributed by atoms with Gasteiger partial charge in [0.25, 0.3) is 0 Å². The van der Waals surface area contributed by atoms with Crippen LogP contribution >= 0.6 is 0 Å². The minimum absolute atomic E-state index is 0.0669. The Morgan fingerprint density at radius 3 is 2.70 bits per heavy atom. The molecule has 0 atom stereocenters. The van der Waals surface area contributed by atoms with Crippen molar-refractivity contribution in [3.8, 4) is 0 Å². The van der Waals surface area contributed by atoms with Crippen LogP contribution < -0.4 is 10.2 Å². The second-order valence-corrected chi connectivity index (χ2v) is 5.94. The molecule has 0 bridgehead atoms. The van der Waals surface area contributed by atoms with Crippen molar-refractivity contribution < 1.29 is 4.79 Å². The molecule has 0 spiro atoms. The van der Waals surface area contributed by atoms with Crippen LogP contribution in [0.4, 0.5) is 5.82 Å². The van der Waals surface area contributed by atoms with Gasteiger partial charge in [0, 0.05) is 44.2 Å². The normalized spacial score (nSPS) is 19.9. The van der Waals surface area contributed by atoms with Crippen molar-refractivity contribution >= 4 is 11.7 Å². The van der Waals surface area contributed by atoms with Crippen molar-refractivity contribution in [3.63, 3.8) is 0 Å². The van der Waals surface area contributed by atoms with Gasteiger partial charge in [0.1, 0.15) is 12.1 Å². The summed E-state index contributed by atoms with van der Waals surface area (Å²) in [5.41, 5.74) is 1.20. The summed E-state index contributed by atoms with van der Waals surface area (Å²) in [6, 6.07) is 2.16. The molecule has 5 heteroatoms. The lowest BCUT2D eigenvalue weighted by atomic mass is 9.97. The van der Waals surface area contributed by atoms with Gasteiger partial charge in [-0.2, -0.15) is 0 Å². The van der Waals surface area contributed by atoms with E-state index >= 15 is 0 Å². The molecule has 0 unspecified atom stereocenters. The van der Waals surface area contributed by atoms with Crippen LogP contribution in [-0.4, -0.2) is 35.5 Å². The zero-order valence-electron chi connectivity index (χ0n) is 12.0. The van der Waals surface area contributed by atoms with Crippen LogP contribution in [-0.2, 0) is 4.79 Å². The van der Waals surface area contributed by atoms with E-state index in [1.807, 2.05) is 0 Å². The first-order valence-corrected chi connectivity index (χ1v) is 7.53. The van der Waals surface area contributed by atoms with Gasteiger partial charge in [0.2, 0.25) is 5.91 Å². The van der Waals surface area contributed by atoms with Crippen LogP contribution in [0, 0.1) is 5.92 Å². The summed E-state index contributed by atoms with van der Waals surface area (Å²) in [7, 11) is 0. The molecule has 1 saturated carbocycles. The Morgan fingerprint density at radius 2 is 2.05 bits per heavy atom. The predicted molar refractivity (Wildman–Crippen MR) is 77.6 cm³/mol. The third kappa shape index (κ3) is 3.26. The summed E-state index contributed by atoms with van der Waals surface area (Å²) in [6.07, 6.45) is 6.48. The minimum Gasteiger partial charge on any atom is -0.356 e. The fourth-order valence-electron chi connectivity index (χ4n) is 2.79. The Bertz CT molecular complexity index is 479. The summed E-state index contributed by atoms with van der Waals surface area (Å²) in [6.45, 7) is 4.42. The lowest BCUT2D eigenvalue weighted by Gasteiger charge is -2.32. The van der Waals surface area contributed by atoms with Crippen molar-refractivity contribution in [2.45, 2.75) is 38.5 Å². The van der Waals surface area contributed by atoms with E-state index in [9.17, 15) is 4.79 Å². The summed E-state index contributed by atoms with van der Waals surface area (Å²) in [5.74, 6) is 2.41. The summed E-state index contributed by atoms with van der Waals surface area (Å²) in [5, 5.41) is 2.92. The number of hydrogen-bond acceptors (Lipinski definition) is 4. The molecule has 5 nitrogen and oxygen atoms in total.